The molecule has 0 saturated heterocycles. The quantitative estimate of drug-likeness (QED) is 0.870. The monoisotopic (exact) mass is 280 g/mol. The van der Waals surface area contributed by atoms with Crippen molar-refractivity contribution in [3.63, 3.8) is 0 Å². The lowest BCUT2D eigenvalue weighted by Gasteiger charge is -2.36. The van der Waals surface area contributed by atoms with Crippen LogP contribution in [0.2, 0.25) is 0 Å². The molecule has 1 amide bonds. The van der Waals surface area contributed by atoms with E-state index in [-0.39, 0.29) is 12.1 Å². The maximum atomic E-state index is 12.3. The van der Waals surface area contributed by atoms with E-state index < -0.39 is 0 Å². The standard InChI is InChI=1S/C16H16N4O/c1-10-13(8-11(9-17)19(10)2)15-18-16(21)12-6-4-5-7-14(12)20(15)3/h4-8,15H,1-3H3,(H,18,21)/t15-/m1/s1. The molecule has 1 aliphatic heterocycles. The van der Waals surface area contributed by atoms with Crippen molar-refractivity contribution >= 4 is 11.6 Å². The highest BCUT2D eigenvalue weighted by molar-refractivity contribution is 6.02. The van der Waals surface area contributed by atoms with Gasteiger partial charge >= 0.3 is 0 Å². The third kappa shape index (κ3) is 1.88. The fourth-order valence-electron chi connectivity index (χ4n) is 2.80. The van der Waals surface area contributed by atoms with Crippen LogP contribution in [0.3, 0.4) is 0 Å². The second kappa shape index (κ2) is 4.67. The molecule has 1 N–H and O–H groups in total. The van der Waals surface area contributed by atoms with Crippen LogP contribution in [0.25, 0.3) is 0 Å². The number of amides is 1. The van der Waals surface area contributed by atoms with E-state index in [0.29, 0.717) is 11.3 Å². The summed E-state index contributed by atoms with van der Waals surface area (Å²) >= 11 is 0. The van der Waals surface area contributed by atoms with Gasteiger partial charge < -0.3 is 14.8 Å². The molecule has 0 radical (unpaired) electrons. The zero-order valence-corrected chi connectivity index (χ0v) is 12.2. The number of benzene rings is 1. The van der Waals surface area contributed by atoms with Crippen LogP contribution in [0.15, 0.2) is 30.3 Å². The lowest BCUT2D eigenvalue weighted by molar-refractivity contribution is 0.0928. The first-order valence-electron chi connectivity index (χ1n) is 6.73. The molecule has 5 heteroatoms. The fourth-order valence-corrected chi connectivity index (χ4v) is 2.80. The van der Waals surface area contributed by atoms with Crippen molar-refractivity contribution < 1.29 is 4.79 Å². The summed E-state index contributed by atoms with van der Waals surface area (Å²) < 4.78 is 1.84. The third-order valence-corrected chi connectivity index (χ3v) is 4.17. The van der Waals surface area contributed by atoms with Gasteiger partial charge in [0.05, 0.1) is 11.3 Å². The van der Waals surface area contributed by atoms with Crippen LogP contribution in [0.4, 0.5) is 5.69 Å². The Morgan fingerprint density at radius 3 is 2.67 bits per heavy atom. The highest BCUT2D eigenvalue weighted by Gasteiger charge is 2.31. The van der Waals surface area contributed by atoms with Gasteiger partial charge in [-0.15, -0.1) is 0 Å². The Morgan fingerprint density at radius 1 is 1.29 bits per heavy atom. The first kappa shape index (κ1) is 13.3. The van der Waals surface area contributed by atoms with Gasteiger partial charge in [0.15, 0.2) is 0 Å². The third-order valence-electron chi connectivity index (χ3n) is 4.17. The predicted molar refractivity (Wildman–Crippen MR) is 79.9 cm³/mol. The zero-order valence-electron chi connectivity index (χ0n) is 12.2. The second-order valence-electron chi connectivity index (χ2n) is 5.25. The fraction of sp³-hybridized carbons (Fsp3) is 0.250. The summed E-state index contributed by atoms with van der Waals surface area (Å²) in [5.41, 5.74) is 4.07. The van der Waals surface area contributed by atoms with Crippen LogP contribution in [0.5, 0.6) is 0 Å². The number of para-hydroxylation sites is 1. The summed E-state index contributed by atoms with van der Waals surface area (Å²) in [5.74, 6) is -0.0875. The number of hydrogen-bond donors (Lipinski definition) is 1. The summed E-state index contributed by atoms with van der Waals surface area (Å²) in [6, 6.07) is 11.5. The maximum Gasteiger partial charge on any atom is 0.255 e. The van der Waals surface area contributed by atoms with Crippen molar-refractivity contribution in [2.45, 2.75) is 13.1 Å². The first-order chi connectivity index (χ1) is 10.0. The van der Waals surface area contributed by atoms with Gasteiger partial charge in [-0.3, -0.25) is 4.79 Å². The van der Waals surface area contributed by atoms with E-state index in [0.717, 1.165) is 16.9 Å². The van der Waals surface area contributed by atoms with E-state index >= 15 is 0 Å². The van der Waals surface area contributed by atoms with E-state index in [9.17, 15) is 4.79 Å². The van der Waals surface area contributed by atoms with Gasteiger partial charge in [-0.2, -0.15) is 5.26 Å². The van der Waals surface area contributed by atoms with Crippen LogP contribution in [-0.4, -0.2) is 17.5 Å². The highest BCUT2D eigenvalue weighted by Crippen LogP contribution is 2.33. The lowest BCUT2D eigenvalue weighted by atomic mass is 10.0. The number of hydrogen-bond acceptors (Lipinski definition) is 3. The van der Waals surface area contributed by atoms with Crippen molar-refractivity contribution in [1.82, 2.24) is 9.88 Å². The van der Waals surface area contributed by atoms with Crippen LogP contribution in [-0.2, 0) is 7.05 Å². The van der Waals surface area contributed by atoms with Crippen molar-refractivity contribution in [2.24, 2.45) is 7.05 Å². The van der Waals surface area contributed by atoms with Crippen molar-refractivity contribution in [1.29, 1.82) is 5.26 Å². The molecule has 0 bridgehead atoms. The van der Waals surface area contributed by atoms with E-state index in [1.54, 1.807) is 0 Å². The Labute approximate surface area is 123 Å². The van der Waals surface area contributed by atoms with Crippen LogP contribution in [0, 0.1) is 18.3 Å². The molecule has 2 aromatic rings. The molecule has 0 spiro atoms. The van der Waals surface area contributed by atoms with Crippen molar-refractivity contribution in [3.8, 4) is 6.07 Å². The van der Waals surface area contributed by atoms with Gasteiger partial charge in [0, 0.05) is 25.4 Å². The number of fused-ring (bicyclic) bond motifs is 1. The van der Waals surface area contributed by atoms with E-state index in [4.69, 9.17) is 5.26 Å². The van der Waals surface area contributed by atoms with E-state index in [1.165, 1.54) is 0 Å². The smallest absolute Gasteiger partial charge is 0.255 e. The molecule has 1 aromatic heterocycles. The summed E-state index contributed by atoms with van der Waals surface area (Å²) in [7, 11) is 3.80. The number of nitriles is 1. The molecule has 1 atom stereocenters. The average molecular weight is 280 g/mol. The molecular weight excluding hydrogens is 264 g/mol. The minimum atomic E-state index is -0.263. The van der Waals surface area contributed by atoms with Crippen LogP contribution in [0.1, 0.15) is 33.5 Å². The van der Waals surface area contributed by atoms with E-state index in [1.807, 2.05) is 60.8 Å². The largest absolute Gasteiger partial charge is 0.350 e. The van der Waals surface area contributed by atoms with Gasteiger partial charge in [0.1, 0.15) is 17.9 Å². The summed E-state index contributed by atoms with van der Waals surface area (Å²) in [6.45, 7) is 1.96. The molecule has 0 unspecified atom stereocenters. The van der Waals surface area contributed by atoms with Gasteiger partial charge in [-0.05, 0) is 25.1 Å². The Balaban J connectivity index is 2.10. The number of nitrogens with zero attached hydrogens (tertiary/aromatic N) is 3. The summed E-state index contributed by atoms with van der Waals surface area (Å²) in [5, 5.41) is 12.2. The highest BCUT2D eigenvalue weighted by atomic mass is 16.2. The Hall–Kier alpha value is -2.74. The Morgan fingerprint density at radius 2 is 2.00 bits per heavy atom. The number of carbonyl (C=O) groups excluding carboxylic acids is 1. The average Bonchev–Trinajstić information content (AvgIpc) is 2.79. The summed E-state index contributed by atoms with van der Waals surface area (Å²) in [4.78, 5) is 14.3. The maximum absolute atomic E-state index is 12.3. The molecule has 2 heterocycles. The Kier molecular flexibility index (Phi) is 2.95. The molecule has 3 rings (SSSR count). The predicted octanol–water partition coefficient (Wildman–Crippen LogP) is 2.08. The van der Waals surface area contributed by atoms with Crippen LogP contribution < -0.4 is 10.2 Å². The number of rotatable bonds is 1. The van der Waals surface area contributed by atoms with Gasteiger partial charge in [0.2, 0.25) is 0 Å². The molecule has 1 aromatic carbocycles. The molecular formula is C16H16N4O. The number of nitrogens with one attached hydrogen (secondary N) is 1. The molecule has 5 nitrogen and oxygen atoms in total. The molecule has 0 aliphatic carbocycles. The molecule has 106 valence electrons. The number of aromatic nitrogens is 1. The van der Waals surface area contributed by atoms with Crippen molar-refractivity contribution in [2.75, 3.05) is 11.9 Å². The van der Waals surface area contributed by atoms with Gasteiger partial charge in [0.25, 0.3) is 5.91 Å². The minimum absolute atomic E-state index is 0.0875. The zero-order chi connectivity index (χ0) is 15.1. The van der Waals surface area contributed by atoms with Gasteiger partial charge in [-0.1, -0.05) is 12.1 Å². The minimum Gasteiger partial charge on any atom is -0.350 e. The van der Waals surface area contributed by atoms with E-state index in [2.05, 4.69) is 11.4 Å². The normalized spacial score (nSPS) is 17.1. The second-order valence-corrected chi connectivity index (χ2v) is 5.25. The first-order valence-corrected chi connectivity index (χ1v) is 6.73. The number of carbonyl (C=O) groups is 1. The van der Waals surface area contributed by atoms with Gasteiger partial charge in [-0.25, -0.2) is 0 Å². The molecule has 0 fully saturated rings. The molecule has 1 aliphatic rings. The van der Waals surface area contributed by atoms with Crippen LogP contribution >= 0.6 is 0 Å². The lowest BCUT2D eigenvalue weighted by Crippen LogP contribution is -2.44. The molecule has 0 saturated carbocycles. The molecule has 21 heavy (non-hydrogen) atoms. The topological polar surface area (TPSA) is 61.1 Å². The Bertz CT molecular complexity index is 769. The summed E-state index contributed by atoms with van der Waals surface area (Å²) in [6.07, 6.45) is -0.263. The number of anilines is 1. The van der Waals surface area contributed by atoms with Crippen molar-refractivity contribution in [3.05, 3.63) is 52.8 Å². The SMILES string of the molecule is Cc1c([C@@H]2NC(=O)c3ccccc3N2C)cc(C#N)n1C.